The maximum Gasteiger partial charge on any atom is 0.243 e. The number of carbonyl (C=O) groups excluding carboxylic acids is 1. The van der Waals surface area contributed by atoms with E-state index < -0.39 is 26.0 Å². The Hall–Kier alpha value is -2.47. The first-order chi connectivity index (χ1) is 14.6. The summed E-state index contributed by atoms with van der Waals surface area (Å²) in [7, 11) is -6.08. The Morgan fingerprint density at radius 1 is 1.00 bits per heavy atom. The average Bonchev–Trinajstić information content (AvgIpc) is 2.74. The van der Waals surface area contributed by atoms with Gasteiger partial charge in [0.25, 0.3) is 0 Å². The monoisotopic (exact) mass is 467 g/mol. The van der Waals surface area contributed by atoms with Gasteiger partial charge in [0.1, 0.15) is 5.75 Å². The predicted octanol–water partition coefficient (Wildman–Crippen LogP) is 1.70. The molecule has 0 saturated carbocycles. The quantitative estimate of drug-likeness (QED) is 0.636. The van der Waals surface area contributed by atoms with Crippen LogP contribution in [0, 0.1) is 0 Å². The Balaban J connectivity index is 1.71. The highest BCUT2D eigenvalue weighted by Gasteiger charge is 2.25. The van der Waals surface area contributed by atoms with Crippen molar-refractivity contribution in [2.75, 3.05) is 25.5 Å². The molecule has 9 nitrogen and oxygen atoms in total. The number of rotatable bonds is 7. The van der Waals surface area contributed by atoms with E-state index in [-0.39, 0.29) is 27.6 Å². The van der Waals surface area contributed by atoms with Gasteiger partial charge < -0.3 is 10.1 Å². The first-order valence-electron chi connectivity index (χ1n) is 9.71. The number of sulfonamides is 2. The summed E-state index contributed by atoms with van der Waals surface area (Å²) in [5.74, 6) is -0.139. The highest BCUT2D eigenvalue weighted by molar-refractivity contribution is 7.89. The second-order valence-corrected chi connectivity index (χ2v) is 10.7. The van der Waals surface area contributed by atoms with Crippen LogP contribution in [0.4, 0.5) is 5.69 Å². The average molecular weight is 468 g/mol. The molecule has 2 aromatic rings. The molecule has 1 amide bonds. The molecule has 1 aliphatic rings. The van der Waals surface area contributed by atoms with Crippen LogP contribution in [0.5, 0.6) is 5.75 Å². The van der Waals surface area contributed by atoms with E-state index in [1.165, 1.54) is 41.7 Å². The molecule has 0 aromatic heterocycles. The molecule has 11 heteroatoms. The fourth-order valence-corrected chi connectivity index (χ4v) is 5.43. The molecular weight excluding hydrogens is 442 g/mol. The van der Waals surface area contributed by atoms with Crippen molar-refractivity contribution in [1.29, 1.82) is 0 Å². The highest BCUT2D eigenvalue weighted by atomic mass is 32.2. The third kappa shape index (κ3) is 5.62. The molecule has 1 saturated heterocycles. The van der Waals surface area contributed by atoms with Crippen molar-refractivity contribution >= 4 is 31.6 Å². The van der Waals surface area contributed by atoms with Crippen molar-refractivity contribution in [2.45, 2.75) is 35.5 Å². The number of hydrogen-bond acceptors (Lipinski definition) is 6. The van der Waals surface area contributed by atoms with Crippen LogP contribution in [0.2, 0.25) is 0 Å². The third-order valence-corrected chi connectivity index (χ3v) is 7.84. The molecule has 3 N–H and O–H groups in total. The van der Waals surface area contributed by atoms with Gasteiger partial charge in [-0.05, 0) is 48.7 Å². The number of hydrogen-bond donors (Lipinski definition) is 2. The largest absolute Gasteiger partial charge is 0.495 e. The lowest BCUT2D eigenvalue weighted by molar-refractivity contribution is -0.115. The minimum Gasteiger partial charge on any atom is -0.495 e. The Kier molecular flexibility index (Phi) is 6.99. The van der Waals surface area contributed by atoms with E-state index in [4.69, 9.17) is 9.88 Å². The number of methoxy groups -OCH3 is 1. The smallest absolute Gasteiger partial charge is 0.243 e. The van der Waals surface area contributed by atoms with Gasteiger partial charge in [0.15, 0.2) is 0 Å². The van der Waals surface area contributed by atoms with Crippen molar-refractivity contribution in [1.82, 2.24) is 4.31 Å². The molecule has 3 rings (SSSR count). The van der Waals surface area contributed by atoms with Crippen LogP contribution in [0.3, 0.4) is 0 Å². The molecule has 31 heavy (non-hydrogen) atoms. The number of amides is 1. The summed E-state index contributed by atoms with van der Waals surface area (Å²) in [6.07, 6.45) is 2.71. The summed E-state index contributed by atoms with van der Waals surface area (Å²) in [6.45, 7) is 1.04. The third-order valence-electron chi connectivity index (χ3n) is 5.01. The van der Waals surface area contributed by atoms with Gasteiger partial charge in [0.05, 0.1) is 29.0 Å². The molecule has 0 unspecified atom stereocenters. The molecule has 0 atom stereocenters. The second kappa shape index (κ2) is 9.35. The number of piperidine rings is 1. The van der Waals surface area contributed by atoms with Gasteiger partial charge in [-0.2, -0.15) is 4.31 Å². The van der Waals surface area contributed by atoms with Crippen LogP contribution in [0.15, 0.2) is 52.3 Å². The lowest BCUT2D eigenvalue weighted by atomic mass is 10.1. The Labute approximate surface area is 182 Å². The zero-order valence-electron chi connectivity index (χ0n) is 17.1. The van der Waals surface area contributed by atoms with Crippen LogP contribution in [-0.4, -0.2) is 47.2 Å². The summed E-state index contributed by atoms with van der Waals surface area (Å²) in [6, 6.07) is 10.1. The molecule has 0 radical (unpaired) electrons. The van der Waals surface area contributed by atoms with Crippen LogP contribution >= 0.6 is 0 Å². The first kappa shape index (κ1) is 23.2. The SMILES string of the molecule is COc1ccc(S(N)(=O)=O)cc1NC(=O)Cc1ccc(S(=O)(=O)N2CCCCC2)cc1. The number of nitrogens with two attached hydrogens (primary N) is 1. The minimum atomic E-state index is -3.94. The van der Waals surface area contributed by atoms with E-state index in [0.717, 1.165) is 19.3 Å². The summed E-state index contributed by atoms with van der Waals surface area (Å²) in [5, 5.41) is 7.75. The Bertz CT molecular complexity index is 1160. The number of ether oxygens (including phenoxy) is 1. The first-order valence-corrected chi connectivity index (χ1v) is 12.7. The van der Waals surface area contributed by atoms with Crippen LogP contribution in [0.1, 0.15) is 24.8 Å². The van der Waals surface area contributed by atoms with Gasteiger partial charge in [-0.15, -0.1) is 0 Å². The molecular formula is C20H25N3O6S2. The molecule has 1 fully saturated rings. The van der Waals surface area contributed by atoms with E-state index in [2.05, 4.69) is 5.32 Å². The summed E-state index contributed by atoms with van der Waals surface area (Å²) in [4.78, 5) is 12.5. The molecule has 1 heterocycles. The number of primary sulfonamides is 1. The molecule has 2 aromatic carbocycles. The number of benzene rings is 2. The molecule has 0 bridgehead atoms. The molecule has 168 valence electrons. The molecule has 1 aliphatic heterocycles. The van der Waals surface area contributed by atoms with Gasteiger partial charge in [-0.25, -0.2) is 22.0 Å². The Morgan fingerprint density at radius 3 is 2.19 bits per heavy atom. The van der Waals surface area contributed by atoms with E-state index in [1.807, 2.05) is 0 Å². The zero-order valence-corrected chi connectivity index (χ0v) is 18.7. The summed E-state index contributed by atoms with van der Waals surface area (Å²) in [5.41, 5.74) is 0.778. The summed E-state index contributed by atoms with van der Waals surface area (Å²) >= 11 is 0. The second-order valence-electron chi connectivity index (χ2n) is 7.24. The van der Waals surface area contributed by atoms with Crippen molar-refractivity contribution in [2.24, 2.45) is 5.14 Å². The van der Waals surface area contributed by atoms with E-state index in [9.17, 15) is 21.6 Å². The van der Waals surface area contributed by atoms with Gasteiger partial charge in [-0.3, -0.25) is 4.79 Å². The maximum atomic E-state index is 12.7. The van der Waals surface area contributed by atoms with Gasteiger partial charge in [0.2, 0.25) is 26.0 Å². The highest BCUT2D eigenvalue weighted by Crippen LogP contribution is 2.27. The number of nitrogens with one attached hydrogen (secondary N) is 1. The topological polar surface area (TPSA) is 136 Å². The van der Waals surface area contributed by atoms with Crippen molar-refractivity contribution < 1.29 is 26.4 Å². The normalized spacial score (nSPS) is 15.4. The maximum absolute atomic E-state index is 12.7. The predicted molar refractivity (Wildman–Crippen MR) is 116 cm³/mol. The molecule has 0 aliphatic carbocycles. The fourth-order valence-electron chi connectivity index (χ4n) is 3.38. The lowest BCUT2D eigenvalue weighted by Gasteiger charge is -2.25. The number of nitrogens with zero attached hydrogens (tertiary/aromatic N) is 1. The zero-order chi connectivity index (χ0) is 22.6. The fraction of sp³-hybridized carbons (Fsp3) is 0.350. The van der Waals surface area contributed by atoms with Crippen LogP contribution in [0.25, 0.3) is 0 Å². The summed E-state index contributed by atoms with van der Waals surface area (Å²) < 4.78 is 55.2. The van der Waals surface area contributed by atoms with Gasteiger partial charge in [-0.1, -0.05) is 18.6 Å². The molecule has 0 spiro atoms. The lowest BCUT2D eigenvalue weighted by Crippen LogP contribution is -2.35. The van der Waals surface area contributed by atoms with Crippen molar-refractivity contribution in [3.8, 4) is 5.75 Å². The van der Waals surface area contributed by atoms with E-state index in [0.29, 0.717) is 18.7 Å². The van der Waals surface area contributed by atoms with Crippen LogP contribution in [-0.2, 0) is 31.3 Å². The van der Waals surface area contributed by atoms with E-state index >= 15 is 0 Å². The minimum absolute atomic E-state index is 0.0349. The number of anilines is 1. The standard InChI is InChI=1S/C20H25N3O6S2/c1-29-19-10-9-17(30(21,25)26)14-18(19)22-20(24)13-15-5-7-16(8-6-15)31(27,28)23-11-3-2-4-12-23/h5-10,14H,2-4,11-13H2,1H3,(H,22,24)(H2,21,25,26). The Morgan fingerprint density at radius 2 is 1.61 bits per heavy atom. The van der Waals surface area contributed by atoms with Crippen molar-refractivity contribution in [3.05, 3.63) is 48.0 Å². The number of carbonyl (C=O) groups is 1. The van der Waals surface area contributed by atoms with Crippen LogP contribution < -0.4 is 15.2 Å². The van der Waals surface area contributed by atoms with E-state index in [1.54, 1.807) is 12.1 Å². The van der Waals surface area contributed by atoms with Crippen molar-refractivity contribution in [3.63, 3.8) is 0 Å². The van der Waals surface area contributed by atoms with Gasteiger partial charge >= 0.3 is 0 Å². The van der Waals surface area contributed by atoms with Gasteiger partial charge in [0, 0.05) is 13.1 Å².